The van der Waals surface area contributed by atoms with Crippen LogP contribution in [-0.4, -0.2) is 30.2 Å². The number of fused-ring (bicyclic) bond motifs is 1. The Morgan fingerprint density at radius 3 is 3.00 bits per heavy atom. The van der Waals surface area contributed by atoms with Crippen LogP contribution in [0, 0.1) is 0 Å². The molecule has 0 spiro atoms. The molecule has 0 amide bonds. The van der Waals surface area contributed by atoms with Gasteiger partial charge in [0.25, 0.3) is 0 Å². The molecule has 0 saturated carbocycles. The molecule has 0 N–H and O–H groups in total. The first kappa shape index (κ1) is 14.0. The summed E-state index contributed by atoms with van der Waals surface area (Å²) < 4.78 is 14.3. The number of alkyl halides is 1. The van der Waals surface area contributed by atoms with Gasteiger partial charge in [-0.05, 0) is 22.0 Å². The predicted molar refractivity (Wildman–Crippen MR) is 78.3 cm³/mol. The van der Waals surface area contributed by atoms with E-state index in [-0.39, 0.29) is 0 Å². The topological polar surface area (TPSA) is 47.8 Å². The maximum Gasteiger partial charge on any atom is 0.160 e. The van der Waals surface area contributed by atoms with Crippen LogP contribution in [0.4, 0.5) is 0 Å². The molecule has 0 aliphatic rings. The van der Waals surface area contributed by atoms with Gasteiger partial charge in [0.1, 0.15) is 11.3 Å². The number of hydrogen-bond acceptors (Lipinski definition) is 3. The maximum atomic E-state index is 11.5. The summed E-state index contributed by atoms with van der Waals surface area (Å²) in [6.45, 7) is 2.55. The monoisotopic (exact) mass is 349 g/mol. The van der Waals surface area contributed by atoms with Crippen LogP contribution in [0.1, 0.15) is 12.7 Å². The Bertz CT molecular complexity index is 587. The third kappa shape index (κ3) is 2.92. The van der Waals surface area contributed by atoms with Crippen LogP contribution in [0.25, 0.3) is 11.2 Å². The van der Waals surface area contributed by atoms with Crippen molar-refractivity contribution in [1.82, 2.24) is 14.5 Å². The van der Waals surface area contributed by atoms with Gasteiger partial charge in [0, 0.05) is 39.5 Å². The first-order chi connectivity index (χ1) is 8.65. The van der Waals surface area contributed by atoms with E-state index in [4.69, 9.17) is 11.6 Å². The minimum Gasteiger partial charge on any atom is -0.311 e. The van der Waals surface area contributed by atoms with Crippen LogP contribution < -0.4 is 0 Å². The largest absolute Gasteiger partial charge is 0.311 e. The van der Waals surface area contributed by atoms with Crippen LogP contribution in [0.15, 0.2) is 16.7 Å². The molecule has 0 aliphatic carbocycles. The molecule has 7 heteroatoms. The maximum absolute atomic E-state index is 11.5. The van der Waals surface area contributed by atoms with Gasteiger partial charge in [0.05, 0.1) is 5.88 Å². The van der Waals surface area contributed by atoms with Gasteiger partial charge in [-0.1, -0.05) is 6.92 Å². The molecule has 0 radical (unpaired) electrons. The van der Waals surface area contributed by atoms with Crippen molar-refractivity contribution in [3.8, 4) is 0 Å². The Balaban J connectivity index is 2.37. The second-order valence-electron chi connectivity index (χ2n) is 3.74. The average molecular weight is 351 g/mol. The highest BCUT2D eigenvalue weighted by atomic mass is 79.9. The standard InChI is InChI=1S/C11H13BrClN3OS/c1-2-18(17)4-3-16-10(6-13)15-9-5-8(12)7-14-11(9)16/h5,7H,2-4,6H2,1H3. The van der Waals surface area contributed by atoms with E-state index in [0.717, 1.165) is 21.5 Å². The Morgan fingerprint density at radius 2 is 2.33 bits per heavy atom. The summed E-state index contributed by atoms with van der Waals surface area (Å²) in [7, 11) is -0.798. The van der Waals surface area contributed by atoms with E-state index >= 15 is 0 Å². The normalized spacial score (nSPS) is 13.1. The molecule has 1 unspecified atom stereocenters. The van der Waals surface area contributed by atoms with E-state index in [1.54, 1.807) is 6.20 Å². The average Bonchev–Trinajstić information content (AvgIpc) is 2.72. The number of aryl methyl sites for hydroxylation is 1. The van der Waals surface area contributed by atoms with Gasteiger partial charge in [0.2, 0.25) is 0 Å². The summed E-state index contributed by atoms with van der Waals surface area (Å²) in [5, 5.41) is 0. The zero-order chi connectivity index (χ0) is 13.1. The molecular weight excluding hydrogens is 338 g/mol. The third-order valence-electron chi connectivity index (χ3n) is 2.61. The fourth-order valence-electron chi connectivity index (χ4n) is 1.71. The lowest BCUT2D eigenvalue weighted by Gasteiger charge is -2.06. The van der Waals surface area contributed by atoms with Gasteiger partial charge >= 0.3 is 0 Å². The highest BCUT2D eigenvalue weighted by molar-refractivity contribution is 9.10. The molecule has 0 fully saturated rings. The lowest BCUT2D eigenvalue weighted by Crippen LogP contribution is -2.11. The fraction of sp³-hybridized carbons (Fsp3) is 0.455. The quantitative estimate of drug-likeness (QED) is 0.779. The molecule has 0 bridgehead atoms. The number of hydrogen-bond donors (Lipinski definition) is 0. The second kappa shape index (κ2) is 6.12. The molecule has 0 aromatic carbocycles. The minimum atomic E-state index is -0.798. The van der Waals surface area contributed by atoms with Crippen molar-refractivity contribution in [2.45, 2.75) is 19.3 Å². The van der Waals surface area contributed by atoms with Gasteiger partial charge in [-0.25, -0.2) is 9.97 Å². The Morgan fingerprint density at radius 1 is 1.56 bits per heavy atom. The molecule has 0 saturated heterocycles. The zero-order valence-electron chi connectivity index (χ0n) is 9.90. The van der Waals surface area contributed by atoms with Crippen molar-refractivity contribution >= 4 is 49.5 Å². The molecule has 18 heavy (non-hydrogen) atoms. The number of halogens is 2. The van der Waals surface area contributed by atoms with Gasteiger partial charge < -0.3 is 4.57 Å². The smallest absolute Gasteiger partial charge is 0.160 e. The fourth-order valence-corrected chi connectivity index (χ4v) is 2.91. The molecule has 4 nitrogen and oxygen atoms in total. The summed E-state index contributed by atoms with van der Waals surface area (Å²) in [5.74, 6) is 2.36. The first-order valence-electron chi connectivity index (χ1n) is 5.57. The lowest BCUT2D eigenvalue weighted by molar-refractivity contribution is 0.672. The van der Waals surface area contributed by atoms with Crippen molar-refractivity contribution in [2.75, 3.05) is 11.5 Å². The highest BCUT2D eigenvalue weighted by Crippen LogP contribution is 2.19. The van der Waals surface area contributed by atoms with Crippen LogP contribution in [0.5, 0.6) is 0 Å². The van der Waals surface area contributed by atoms with E-state index < -0.39 is 10.8 Å². The number of imidazole rings is 1. The molecule has 0 aliphatic heterocycles. The first-order valence-corrected chi connectivity index (χ1v) is 8.38. The summed E-state index contributed by atoms with van der Waals surface area (Å²) >= 11 is 9.26. The SMILES string of the molecule is CCS(=O)CCn1c(CCl)nc2cc(Br)cnc21. The lowest BCUT2D eigenvalue weighted by atomic mass is 10.4. The zero-order valence-corrected chi connectivity index (χ0v) is 13.1. The molecular formula is C11H13BrClN3OS. The van der Waals surface area contributed by atoms with Gasteiger partial charge in [-0.2, -0.15) is 0 Å². The van der Waals surface area contributed by atoms with Crippen molar-refractivity contribution in [1.29, 1.82) is 0 Å². The van der Waals surface area contributed by atoms with Crippen molar-refractivity contribution in [2.24, 2.45) is 0 Å². The Labute approximate surface area is 121 Å². The number of rotatable bonds is 5. The number of pyridine rings is 1. The van der Waals surface area contributed by atoms with Crippen LogP contribution >= 0.6 is 27.5 Å². The van der Waals surface area contributed by atoms with Crippen LogP contribution in [0.3, 0.4) is 0 Å². The van der Waals surface area contributed by atoms with Crippen molar-refractivity contribution in [3.63, 3.8) is 0 Å². The van der Waals surface area contributed by atoms with Crippen LogP contribution in [0.2, 0.25) is 0 Å². The number of aromatic nitrogens is 3. The molecule has 2 aromatic heterocycles. The summed E-state index contributed by atoms with van der Waals surface area (Å²) in [6, 6.07) is 1.91. The summed E-state index contributed by atoms with van der Waals surface area (Å²) in [5.41, 5.74) is 1.60. The van der Waals surface area contributed by atoms with E-state index in [1.165, 1.54) is 0 Å². The number of nitrogens with zero attached hydrogens (tertiary/aromatic N) is 3. The Hall–Kier alpha value is -0.460. The predicted octanol–water partition coefficient (Wildman–Crippen LogP) is 2.70. The van der Waals surface area contributed by atoms with Gasteiger partial charge in [0.15, 0.2) is 5.65 Å². The molecule has 2 aromatic rings. The van der Waals surface area contributed by atoms with Gasteiger partial charge in [-0.3, -0.25) is 4.21 Å². The third-order valence-corrected chi connectivity index (χ3v) is 4.57. The Kier molecular flexibility index (Phi) is 4.75. The van der Waals surface area contributed by atoms with E-state index in [0.29, 0.717) is 23.9 Å². The van der Waals surface area contributed by atoms with Crippen molar-refractivity contribution in [3.05, 3.63) is 22.6 Å². The molecule has 2 rings (SSSR count). The summed E-state index contributed by atoms with van der Waals surface area (Å²) in [4.78, 5) is 8.78. The van der Waals surface area contributed by atoms with E-state index in [9.17, 15) is 4.21 Å². The van der Waals surface area contributed by atoms with Gasteiger partial charge in [-0.15, -0.1) is 11.6 Å². The second-order valence-corrected chi connectivity index (χ2v) is 6.79. The van der Waals surface area contributed by atoms with Crippen molar-refractivity contribution < 1.29 is 4.21 Å². The molecule has 1 atom stereocenters. The van der Waals surface area contributed by atoms with E-state index in [1.807, 2.05) is 17.6 Å². The molecule has 98 valence electrons. The molecule has 2 heterocycles. The minimum absolute atomic E-state index is 0.326. The van der Waals surface area contributed by atoms with E-state index in [2.05, 4.69) is 25.9 Å². The van der Waals surface area contributed by atoms with Crippen LogP contribution in [-0.2, 0) is 23.2 Å². The highest BCUT2D eigenvalue weighted by Gasteiger charge is 2.12. The summed E-state index contributed by atoms with van der Waals surface area (Å²) in [6.07, 6.45) is 1.73.